The van der Waals surface area contributed by atoms with Gasteiger partial charge in [-0.1, -0.05) is 0 Å². The first-order valence-electron chi connectivity index (χ1n) is 8.18. The molecule has 0 saturated carbocycles. The van der Waals surface area contributed by atoms with Crippen LogP contribution in [0.4, 0.5) is 20.2 Å². The van der Waals surface area contributed by atoms with Crippen LogP contribution in [-0.2, 0) is 19.6 Å². The van der Waals surface area contributed by atoms with Crippen LogP contribution >= 0.6 is 0 Å². The molecule has 148 valence electrons. The van der Waals surface area contributed by atoms with Crippen LogP contribution in [-0.4, -0.2) is 39.0 Å². The van der Waals surface area contributed by atoms with Crippen molar-refractivity contribution in [2.45, 2.75) is 11.3 Å². The molecule has 10 heteroatoms. The summed E-state index contributed by atoms with van der Waals surface area (Å²) in [6.07, 6.45) is -0.128. The van der Waals surface area contributed by atoms with Gasteiger partial charge < -0.3 is 10.0 Å². The highest BCUT2D eigenvalue weighted by Crippen LogP contribution is 2.29. The molecule has 28 heavy (non-hydrogen) atoms. The molecule has 1 N–H and O–H groups in total. The Morgan fingerprint density at radius 1 is 1.18 bits per heavy atom. The molecule has 7 nitrogen and oxygen atoms in total. The maximum Gasteiger partial charge on any atom is 0.308 e. The van der Waals surface area contributed by atoms with E-state index in [1.54, 1.807) is 0 Å². The Morgan fingerprint density at radius 3 is 2.39 bits per heavy atom. The van der Waals surface area contributed by atoms with Gasteiger partial charge in [0, 0.05) is 31.8 Å². The van der Waals surface area contributed by atoms with Crippen LogP contribution in [0.5, 0.6) is 0 Å². The number of hydrogen-bond acceptors (Lipinski definition) is 4. The maximum atomic E-state index is 13.9. The number of halogens is 2. The third kappa shape index (κ3) is 3.55. The second kappa shape index (κ2) is 7.19. The normalized spacial score (nSPS) is 17.0. The number of rotatable bonds is 5. The maximum absolute atomic E-state index is 13.9. The average Bonchev–Trinajstić information content (AvgIpc) is 3.05. The van der Waals surface area contributed by atoms with E-state index >= 15 is 0 Å². The van der Waals surface area contributed by atoms with E-state index < -0.39 is 39.2 Å². The Hall–Kier alpha value is -3.01. The number of carboxylic acid groups (broad SMARTS) is 1. The third-order valence-corrected chi connectivity index (χ3v) is 6.31. The van der Waals surface area contributed by atoms with Gasteiger partial charge in [0.25, 0.3) is 10.0 Å². The first-order valence-corrected chi connectivity index (χ1v) is 9.62. The molecule has 1 amide bonds. The molecule has 0 aliphatic carbocycles. The number of sulfonamides is 1. The highest BCUT2D eigenvalue weighted by Gasteiger charge is 2.35. The highest BCUT2D eigenvalue weighted by atomic mass is 32.2. The van der Waals surface area contributed by atoms with Crippen molar-refractivity contribution in [2.24, 2.45) is 5.92 Å². The molecule has 0 spiro atoms. The van der Waals surface area contributed by atoms with Crippen LogP contribution in [0.25, 0.3) is 0 Å². The fraction of sp³-hybridized carbons (Fsp3) is 0.222. The minimum Gasteiger partial charge on any atom is -0.481 e. The molecule has 1 aliphatic rings. The molecule has 1 atom stereocenters. The van der Waals surface area contributed by atoms with Crippen LogP contribution in [0.1, 0.15) is 6.42 Å². The van der Waals surface area contributed by atoms with E-state index in [4.69, 9.17) is 5.11 Å². The number of aliphatic carboxylic acids is 1. The Morgan fingerprint density at radius 2 is 1.82 bits per heavy atom. The molecule has 1 unspecified atom stereocenters. The molecule has 1 fully saturated rings. The van der Waals surface area contributed by atoms with E-state index in [0.29, 0.717) is 9.99 Å². The van der Waals surface area contributed by atoms with Gasteiger partial charge >= 0.3 is 5.97 Å². The molecular formula is C18H16F2N2O5S. The smallest absolute Gasteiger partial charge is 0.308 e. The molecule has 0 aromatic heterocycles. The van der Waals surface area contributed by atoms with E-state index in [-0.39, 0.29) is 23.8 Å². The molecular weight excluding hydrogens is 394 g/mol. The van der Waals surface area contributed by atoms with Crippen LogP contribution in [0.2, 0.25) is 0 Å². The highest BCUT2D eigenvalue weighted by molar-refractivity contribution is 7.92. The first-order chi connectivity index (χ1) is 13.1. The zero-order valence-corrected chi connectivity index (χ0v) is 15.5. The van der Waals surface area contributed by atoms with Crippen LogP contribution < -0.4 is 9.21 Å². The van der Waals surface area contributed by atoms with E-state index in [2.05, 4.69) is 0 Å². The summed E-state index contributed by atoms with van der Waals surface area (Å²) < 4.78 is 53.3. The number of benzene rings is 2. The lowest BCUT2D eigenvalue weighted by molar-refractivity contribution is -0.141. The first kappa shape index (κ1) is 19.7. The van der Waals surface area contributed by atoms with E-state index in [0.717, 1.165) is 25.2 Å². The number of carboxylic acids is 1. The predicted octanol–water partition coefficient (Wildman–Crippen LogP) is 2.23. The quantitative estimate of drug-likeness (QED) is 0.816. The van der Waals surface area contributed by atoms with Gasteiger partial charge in [0.05, 0.1) is 16.5 Å². The molecule has 2 aromatic carbocycles. The Kier molecular flexibility index (Phi) is 5.07. The topological polar surface area (TPSA) is 95.0 Å². The van der Waals surface area contributed by atoms with Crippen molar-refractivity contribution in [1.29, 1.82) is 0 Å². The Labute approximate surface area is 159 Å². The summed E-state index contributed by atoms with van der Waals surface area (Å²) >= 11 is 0. The zero-order valence-electron chi connectivity index (χ0n) is 14.7. The summed E-state index contributed by atoms with van der Waals surface area (Å²) in [7, 11) is -3.08. The fourth-order valence-corrected chi connectivity index (χ4v) is 4.13. The lowest BCUT2D eigenvalue weighted by atomic mass is 10.1. The van der Waals surface area contributed by atoms with Gasteiger partial charge in [0.2, 0.25) is 5.91 Å². The number of carbonyl (C=O) groups is 2. The zero-order chi connectivity index (χ0) is 20.6. The molecule has 1 saturated heterocycles. The lowest BCUT2D eigenvalue weighted by Gasteiger charge is -2.21. The second-order valence-corrected chi connectivity index (χ2v) is 8.28. The average molecular weight is 410 g/mol. The van der Waals surface area contributed by atoms with Gasteiger partial charge in [0.1, 0.15) is 11.6 Å². The van der Waals surface area contributed by atoms with Crippen molar-refractivity contribution in [1.82, 2.24) is 0 Å². The summed E-state index contributed by atoms with van der Waals surface area (Å²) in [4.78, 5) is 24.1. The standard InChI is InChI=1S/C18H16F2N2O5S/c1-21(16-9-12(19)2-7-15(16)20)28(26,27)14-5-3-13(4-6-14)22-10-11(18(24)25)8-17(22)23/h2-7,9,11H,8,10H2,1H3,(H,24,25). The summed E-state index contributed by atoms with van der Waals surface area (Å²) in [6, 6.07) is 7.66. The van der Waals surface area contributed by atoms with Crippen LogP contribution in [0.3, 0.4) is 0 Å². The number of hydrogen-bond donors (Lipinski definition) is 1. The van der Waals surface area contributed by atoms with Crippen molar-refractivity contribution in [3.05, 3.63) is 54.1 Å². The summed E-state index contributed by atoms with van der Waals surface area (Å²) in [5, 5.41) is 9.04. The van der Waals surface area contributed by atoms with Gasteiger partial charge in [0.15, 0.2) is 0 Å². The largest absolute Gasteiger partial charge is 0.481 e. The molecule has 0 radical (unpaired) electrons. The molecule has 1 heterocycles. The number of anilines is 2. The molecule has 0 bridgehead atoms. The number of carbonyl (C=O) groups excluding carboxylic acids is 1. The predicted molar refractivity (Wildman–Crippen MR) is 96.5 cm³/mol. The summed E-state index contributed by atoms with van der Waals surface area (Å²) in [5.74, 6) is -3.95. The van der Waals surface area contributed by atoms with Gasteiger partial charge in [-0.25, -0.2) is 17.2 Å². The molecule has 1 aliphatic heterocycles. The van der Waals surface area contributed by atoms with Gasteiger partial charge in [-0.15, -0.1) is 0 Å². The number of amides is 1. The minimum absolute atomic E-state index is 0.00529. The fourth-order valence-electron chi connectivity index (χ4n) is 2.94. The van der Waals surface area contributed by atoms with Crippen LogP contribution in [0.15, 0.2) is 47.4 Å². The lowest BCUT2D eigenvalue weighted by Crippen LogP contribution is -2.28. The minimum atomic E-state index is -4.18. The van der Waals surface area contributed by atoms with Crippen molar-refractivity contribution >= 4 is 33.3 Å². The van der Waals surface area contributed by atoms with Crippen LogP contribution in [0, 0.1) is 17.6 Å². The molecule has 3 rings (SSSR count). The van der Waals surface area contributed by atoms with Crippen molar-refractivity contribution in [3.63, 3.8) is 0 Å². The Bertz CT molecular complexity index is 1040. The summed E-state index contributed by atoms with van der Waals surface area (Å²) in [5.41, 5.74) is -0.0876. The van der Waals surface area contributed by atoms with Gasteiger partial charge in [-0.2, -0.15) is 0 Å². The monoisotopic (exact) mass is 410 g/mol. The summed E-state index contributed by atoms with van der Waals surface area (Å²) in [6.45, 7) is -0.00529. The van der Waals surface area contributed by atoms with E-state index in [1.165, 1.54) is 29.2 Å². The Balaban J connectivity index is 1.87. The number of nitrogens with zero attached hydrogens (tertiary/aromatic N) is 2. The SMILES string of the molecule is CN(c1cc(F)ccc1F)S(=O)(=O)c1ccc(N2CC(C(=O)O)CC2=O)cc1. The van der Waals surface area contributed by atoms with Crippen molar-refractivity contribution in [3.8, 4) is 0 Å². The molecule has 2 aromatic rings. The van der Waals surface area contributed by atoms with E-state index in [1.807, 2.05) is 0 Å². The van der Waals surface area contributed by atoms with Crippen molar-refractivity contribution < 1.29 is 31.9 Å². The van der Waals surface area contributed by atoms with Gasteiger partial charge in [-0.3, -0.25) is 13.9 Å². The van der Waals surface area contributed by atoms with Gasteiger partial charge in [-0.05, 0) is 36.4 Å². The van der Waals surface area contributed by atoms with E-state index in [9.17, 15) is 26.8 Å². The second-order valence-electron chi connectivity index (χ2n) is 6.31. The third-order valence-electron chi connectivity index (χ3n) is 4.53. The van der Waals surface area contributed by atoms with Crippen molar-refractivity contribution in [2.75, 3.05) is 22.8 Å².